The van der Waals surface area contributed by atoms with Gasteiger partial charge < -0.3 is 10.2 Å². The van der Waals surface area contributed by atoms with Crippen LogP contribution in [0.2, 0.25) is 0 Å². The number of phenolic OH excluding ortho intramolecular Hbond substituents is 2. The third kappa shape index (κ3) is 6.73. The summed E-state index contributed by atoms with van der Waals surface area (Å²) in [4.78, 5) is 9.52. The van der Waals surface area contributed by atoms with Gasteiger partial charge in [-0.05, 0) is 127 Å². The van der Waals surface area contributed by atoms with Gasteiger partial charge in [0, 0.05) is 27.1 Å². The number of rotatable bonds is 7. The van der Waals surface area contributed by atoms with Gasteiger partial charge >= 0.3 is 0 Å². The Kier molecular flexibility index (Phi) is 9.03. The predicted molar refractivity (Wildman–Crippen MR) is 171 cm³/mol. The first-order valence-electron chi connectivity index (χ1n) is 11.0. The van der Waals surface area contributed by atoms with E-state index < -0.39 is 0 Å². The Labute approximate surface area is 246 Å². The lowest BCUT2D eigenvalue weighted by Gasteiger charge is -2.13. The van der Waals surface area contributed by atoms with E-state index in [1.807, 2.05) is 37.3 Å². The molecule has 0 aliphatic rings. The van der Waals surface area contributed by atoms with Gasteiger partial charge in [-0.2, -0.15) is 0 Å². The summed E-state index contributed by atoms with van der Waals surface area (Å²) in [6.45, 7) is 2.45. The fourth-order valence-electron chi connectivity index (χ4n) is 3.89. The summed E-state index contributed by atoms with van der Waals surface area (Å²) in [6, 6.07) is 22.2. The molecule has 2 N–H and O–H groups in total. The lowest BCUT2D eigenvalue weighted by molar-refractivity contribution is 0.470. The maximum Gasteiger partial charge on any atom is 0.137 e. The van der Waals surface area contributed by atoms with E-state index in [9.17, 15) is 10.2 Å². The molecular weight excluding hydrogens is 777 g/mol. The van der Waals surface area contributed by atoms with Crippen molar-refractivity contribution < 1.29 is 10.2 Å². The molecule has 4 rings (SSSR count). The number of aliphatic imine (C=N–C) groups is 2. The number of fused-ring (bicyclic) bond motifs is 1. The molecule has 0 aromatic heterocycles. The van der Waals surface area contributed by atoms with Crippen molar-refractivity contribution in [1.29, 1.82) is 0 Å². The number of aryl methyl sites for hydroxylation is 1. The highest BCUT2D eigenvalue weighted by atomic mass is 127. The average Bonchev–Trinajstić information content (AvgIpc) is 2.83. The molecule has 0 heterocycles. The highest BCUT2D eigenvalue weighted by molar-refractivity contribution is 14.1. The smallest absolute Gasteiger partial charge is 0.137 e. The molecule has 0 spiro atoms. The van der Waals surface area contributed by atoms with Crippen LogP contribution in [0.15, 0.2) is 76.7 Å². The predicted octanol–water partition coefficient (Wildman–Crippen LogP) is 7.52. The van der Waals surface area contributed by atoms with Crippen LogP contribution in [-0.4, -0.2) is 35.2 Å². The number of benzene rings is 4. The quantitative estimate of drug-likeness (QED) is 0.150. The molecule has 0 saturated heterocycles. The maximum atomic E-state index is 10.5. The summed E-state index contributed by atoms with van der Waals surface area (Å²) >= 11 is 6.51. The van der Waals surface area contributed by atoms with Gasteiger partial charge in [0.2, 0.25) is 0 Å². The van der Waals surface area contributed by atoms with Crippen LogP contribution in [0.1, 0.15) is 22.3 Å². The Balaban J connectivity index is 1.65. The second-order valence-electron chi connectivity index (χ2n) is 8.28. The minimum absolute atomic E-state index is 0.141. The number of hydrogen-bond donors (Lipinski definition) is 2. The van der Waals surface area contributed by atoms with Gasteiger partial charge in [-0.25, -0.2) is 0 Å². The minimum atomic E-state index is -0.141. The fraction of sp³-hybridized carbons (Fsp3) is 0.143. The minimum Gasteiger partial charge on any atom is -0.506 e. The Morgan fingerprint density at radius 3 is 2.31 bits per heavy atom. The van der Waals surface area contributed by atoms with E-state index in [0.717, 1.165) is 16.3 Å². The first-order chi connectivity index (χ1) is 16.8. The van der Waals surface area contributed by atoms with Crippen molar-refractivity contribution in [1.82, 2.24) is 0 Å². The number of aromatic hydroxyl groups is 2. The van der Waals surface area contributed by atoms with Gasteiger partial charge in [-0.3, -0.25) is 9.98 Å². The van der Waals surface area contributed by atoms with Crippen molar-refractivity contribution in [3.63, 3.8) is 0 Å². The third-order valence-electron chi connectivity index (χ3n) is 5.60. The molecular formula is C28H23I3N2O2. The zero-order chi connectivity index (χ0) is 24.9. The molecule has 0 saturated carbocycles. The van der Waals surface area contributed by atoms with Gasteiger partial charge in [-0.15, -0.1) is 0 Å². The molecule has 7 heteroatoms. The highest BCUT2D eigenvalue weighted by Crippen LogP contribution is 2.27. The largest absolute Gasteiger partial charge is 0.506 e. The Morgan fingerprint density at radius 1 is 0.829 bits per heavy atom. The van der Waals surface area contributed by atoms with E-state index in [-0.39, 0.29) is 17.5 Å². The van der Waals surface area contributed by atoms with E-state index in [1.165, 1.54) is 16.3 Å². The number of halogens is 3. The van der Waals surface area contributed by atoms with Crippen molar-refractivity contribution in [2.45, 2.75) is 19.4 Å². The zero-order valence-electron chi connectivity index (χ0n) is 18.9. The van der Waals surface area contributed by atoms with Crippen molar-refractivity contribution in [2.24, 2.45) is 9.98 Å². The van der Waals surface area contributed by atoms with Crippen LogP contribution < -0.4 is 0 Å². The summed E-state index contributed by atoms with van der Waals surface area (Å²) in [5.41, 5.74) is 3.67. The Hall–Kier alpha value is -1.73. The number of nitrogens with zero attached hydrogens (tertiary/aromatic N) is 2. The SMILES string of the molecule is Cc1cc(I)c(O)c(C=NCC(Cc2cccc3ccccc23)N=Cc2cc(I)cc(I)c2O)c1. The van der Waals surface area contributed by atoms with Gasteiger partial charge in [0.1, 0.15) is 11.5 Å². The van der Waals surface area contributed by atoms with E-state index in [2.05, 4.69) is 109 Å². The monoisotopic (exact) mass is 800 g/mol. The summed E-state index contributed by atoms with van der Waals surface area (Å²) in [5, 5.41) is 23.3. The van der Waals surface area contributed by atoms with Crippen LogP contribution in [0, 0.1) is 17.6 Å². The molecule has 4 nitrogen and oxygen atoms in total. The van der Waals surface area contributed by atoms with E-state index in [1.54, 1.807) is 12.4 Å². The molecule has 1 atom stereocenters. The van der Waals surface area contributed by atoms with Gasteiger partial charge in [-0.1, -0.05) is 42.5 Å². The van der Waals surface area contributed by atoms with Gasteiger partial charge in [0.15, 0.2) is 0 Å². The molecule has 0 bridgehead atoms. The zero-order valence-corrected chi connectivity index (χ0v) is 25.4. The lowest BCUT2D eigenvalue weighted by Crippen LogP contribution is -2.14. The first-order valence-corrected chi connectivity index (χ1v) is 14.2. The lowest BCUT2D eigenvalue weighted by atomic mass is 9.99. The average molecular weight is 800 g/mol. The van der Waals surface area contributed by atoms with Crippen molar-refractivity contribution >= 4 is 91.0 Å². The fourth-order valence-corrected chi connectivity index (χ4v) is 6.58. The molecule has 0 amide bonds. The second-order valence-corrected chi connectivity index (χ2v) is 11.8. The summed E-state index contributed by atoms with van der Waals surface area (Å²) < 4.78 is 2.64. The summed E-state index contributed by atoms with van der Waals surface area (Å²) in [5.74, 6) is 0.480. The topological polar surface area (TPSA) is 65.2 Å². The molecule has 0 radical (unpaired) electrons. The van der Waals surface area contributed by atoms with Crippen LogP contribution in [0.5, 0.6) is 11.5 Å². The maximum absolute atomic E-state index is 10.5. The van der Waals surface area contributed by atoms with E-state index >= 15 is 0 Å². The first kappa shape index (κ1) is 26.3. The summed E-state index contributed by atoms with van der Waals surface area (Å²) in [7, 11) is 0. The molecule has 4 aromatic rings. The van der Waals surface area contributed by atoms with Gasteiger partial charge in [0.05, 0.1) is 19.7 Å². The van der Waals surface area contributed by atoms with Crippen LogP contribution in [0.25, 0.3) is 10.8 Å². The standard InChI is InChI=1S/C28H23I3N2O2/c1-17-9-20(27(34)25(30)10-17)14-32-16-23(33-15-21-11-22(29)13-26(31)28(21)35)12-19-7-4-6-18-5-2-3-8-24(18)19/h2-11,13-15,23,34-35H,12,16H2,1H3. The summed E-state index contributed by atoms with van der Waals surface area (Å²) in [6.07, 6.45) is 4.17. The Morgan fingerprint density at radius 2 is 1.51 bits per heavy atom. The molecule has 0 aliphatic carbocycles. The van der Waals surface area contributed by atoms with Crippen molar-refractivity contribution in [3.05, 3.63) is 99.7 Å². The van der Waals surface area contributed by atoms with Gasteiger partial charge in [0.25, 0.3) is 0 Å². The third-order valence-corrected chi connectivity index (χ3v) is 7.87. The molecule has 1 unspecified atom stereocenters. The molecule has 0 fully saturated rings. The normalized spacial score (nSPS) is 12.7. The van der Waals surface area contributed by atoms with Crippen LogP contribution >= 0.6 is 67.8 Å². The highest BCUT2D eigenvalue weighted by Gasteiger charge is 2.12. The van der Waals surface area contributed by atoms with Crippen LogP contribution in [-0.2, 0) is 6.42 Å². The van der Waals surface area contributed by atoms with Crippen LogP contribution in [0.3, 0.4) is 0 Å². The van der Waals surface area contributed by atoms with Crippen LogP contribution in [0.4, 0.5) is 0 Å². The molecule has 4 aromatic carbocycles. The van der Waals surface area contributed by atoms with E-state index in [0.29, 0.717) is 24.1 Å². The second kappa shape index (κ2) is 12.0. The number of phenols is 2. The van der Waals surface area contributed by atoms with Crippen molar-refractivity contribution in [3.8, 4) is 11.5 Å². The molecule has 35 heavy (non-hydrogen) atoms. The molecule has 178 valence electrons. The number of hydrogen-bond acceptors (Lipinski definition) is 4. The van der Waals surface area contributed by atoms with Crippen molar-refractivity contribution in [2.75, 3.05) is 6.54 Å². The Bertz CT molecular complexity index is 1430. The molecule has 0 aliphatic heterocycles. The van der Waals surface area contributed by atoms with E-state index in [4.69, 9.17) is 4.99 Å².